The molecule has 1 atom stereocenters. The van der Waals surface area contributed by atoms with Crippen molar-refractivity contribution >= 4 is 33.2 Å². The fourth-order valence-electron chi connectivity index (χ4n) is 3.72. The topological polar surface area (TPSA) is 66.5 Å². The molecule has 0 fully saturated rings. The van der Waals surface area contributed by atoms with Crippen LogP contribution in [0.3, 0.4) is 0 Å². The number of rotatable bonds is 7. The van der Waals surface area contributed by atoms with Crippen LogP contribution in [0.1, 0.15) is 40.8 Å². The van der Waals surface area contributed by atoms with Crippen molar-refractivity contribution in [2.24, 2.45) is 0 Å². The first kappa shape index (κ1) is 24.8. The molecule has 0 saturated heterocycles. The van der Waals surface area contributed by atoms with Crippen LogP contribution < -0.4 is 9.62 Å². The van der Waals surface area contributed by atoms with E-state index >= 15 is 0 Å². The highest BCUT2D eigenvalue weighted by Gasteiger charge is 2.28. The van der Waals surface area contributed by atoms with E-state index in [0.29, 0.717) is 10.7 Å². The second-order valence-corrected chi connectivity index (χ2v) is 10.6. The summed E-state index contributed by atoms with van der Waals surface area (Å²) in [5.74, 6) is -0.406. The summed E-state index contributed by atoms with van der Waals surface area (Å²) in [6.45, 7) is 9.45. The van der Waals surface area contributed by atoms with Gasteiger partial charge in [-0.1, -0.05) is 48.0 Å². The average molecular weight is 485 g/mol. The van der Waals surface area contributed by atoms with Gasteiger partial charge in [0.15, 0.2) is 0 Å². The van der Waals surface area contributed by atoms with E-state index in [9.17, 15) is 13.2 Å². The molecular formula is C26H29ClN2O3S. The summed E-state index contributed by atoms with van der Waals surface area (Å²) >= 11 is 6.28. The highest BCUT2D eigenvalue weighted by molar-refractivity contribution is 7.92. The predicted octanol–water partition coefficient (Wildman–Crippen LogP) is 5.65. The average Bonchev–Trinajstić information content (AvgIpc) is 2.77. The van der Waals surface area contributed by atoms with E-state index in [1.54, 1.807) is 36.4 Å². The summed E-state index contributed by atoms with van der Waals surface area (Å²) in [7, 11) is -3.99. The molecule has 0 radical (unpaired) electrons. The van der Waals surface area contributed by atoms with Crippen LogP contribution in [0, 0.1) is 27.7 Å². The normalized spacial score (nSPS) is 12.3. The Morgan fingerprint density at radius 1 is 0.909 bits per heavy atom. The van der Waals surface area contributed by atoms with Crippen LogP contribution in [0.25, 0.3) is 0 Å². The zero-order valence-corrected chi connectivity index (χ0v) is 21.1. The zero-order valence-electron chi connectivity index (χ0n) is 19.5. The molecule has 3 aromatic carbocycles. The fourth-order valence-corrected chi connectivity index (χ4v) is 5.32. The van der Waals surface area contributed by atoms with E-state index in [1.165, 1.54) is 17.7 Å². The molecule has 1 amide bonds. The summed E-state index contributed by atoms with van der Waals surface area (Å²) < 4.78 is 28.0. The Balaban J connectivity index is 1.92. The van der Waals surface area contributed by atoms with Crippen molar-refractivity contribution in [2.45, 2.75) is 45.6 Å². The number of hydrogen-bond acceptors (Lipinski definition) is 3. The molecule has 3 aromatic rings. The smallest absolute Gasteiger partial charge is 0.264 e. The van der Waals surface area contributed by atoms with Crippen LogP contribution >= 0.6 is 11.6 Å². The Morgan fingerprint density at radius 2 is 1.55 bits per heavy atom. The number of benzene rings is 3. The van der Waals surface area contributed by atoms with E-state index in [0.717, 1.165) is 26.6 Å². The lowest BCUT2D eigenvalue weighted by atomic mass is 9.96. The number of amides is 1. The Bertz CT molecular complexity index is 1270. The van der Waals surface area contributed by atoms with Gasteiger partial charge in [-0.25, -0.2) is 8.42 Å². The highest BCUT2D eigenvalue weighted by atomic mass is 35.5. The molecule has 33 heavy (non-hydrogen) atoms. The molecule has 5 nitrogen and oxygen atoms in total. The molecule has 0 saturated carbocycles. The fraction of sp³-hybridized carbons (Fsp3) is 0.269. The van der Waals surface area contributed by atoms with Gasteiger partial charge < -0.3 is 5.32 Å². The minimum atomic E-state index is -3.99. The maximum atomic E-state index is 13.5. The first-order valence-corrected chi connectivity index (χ1v) is 12.5. The van der Waals surface area contributed by atoms with Gasteiger partial charge in [-0.15, -0.1) is 0 Å². The third kappa shape index (κ3) is 5.57. The number of aryl methyl sites for hydroxylation is 4. The Kier molecular flexibility index (Phi) is 7.50. The molecule has 7 heteroatoms. The first-order chi connectivity index (χ1) is 15.5. The maximum absolute atomic E-state index is 13.5. The molecule has 0 spiro atoms. The molecule has 0 bridgehead atoms. The van der Waals surface area contributed by atoms with Crippen molar-refractivity contribution in [1.82, 2.24) is 5.32 Å². The lowest BCUT2D eigenvalue weighted by Crippen LogP contribution is -2.41. The van der Waals surface area contributed by atoms with Gasteiger partial charge >= 0.3 is 0 Å². The third-order valence-electron chi connectivity index (χ3n) is 5.79. The van der Waals surface area contributed by atoms with Crippen molar-refractivity contribution in [3.05, 3.63) is 93.5 Å². The first-order valence-electron chi connectivity index (χ1n) is 10.7. The number of nitrogens with zero attached hydrogens (tertiary/aromatic N) is 1. The summed E-state index contributed by atoms with van der Waals surface area (Å²) in [6.07, 6.45) is 0. The monoisotopic (exact) mass is 484 g/mol. The number of carbonyl (C=O) groups is 1. The lowest BCUT2D eigenvalue weighted by molar-refractivity contribution is -0.120. The molecule has 0 unspecified atom stereocenters. The van der Waals surface area contributed by atoms with Crippen molar-refractivity contribution in [1.29, 1.82) is 0 Å². The maximum Gasteiger partial charge on any atom is 0.264 e. The molecule has 0 aliphatic carbocycles. The van der Waals surface area contributed by atoms with Crippen molar-refractivity contribution < 1.29 is 13.2 Å². The predicted molar refractivity (Wildman–Crippen MR) is 134 cm³/mol. The molecule has 3 rings (SSSR count). The molecule has 1 N–H and O–H groups in total. The highest BCUT2D eigenvalue weighted by Crippen LogP contribution is 2.28. The second kappa shape index (κ2) is 9.98. The van der Waals surface area contributed by atoms with Gasteiger partial charge in [-0.3, -0.25) is 9.10 Å². The van der Waals surface area contributed by atoms with E-state index < -0.39 is 15.9 Å². The van der Waals surface area contributed by atoms with Gasteiger partial charge in [0.2, 0.25) is 5.91 Å². The van der Waals surface area contributed by atoms with Gasteiger partial charge in [-0.2, -0.15) is 0 Å². The minimum Gasteiger partial charge on any atom is -0.348 e. The van der Waals surface area contributed by atoms with Gasteiger partial charge in [0.25, 0.3) is 10.0 Å². The van der Waals surface area contributed by atoms with Gasteiger partial charge in [0, 0.05) is 5.02 Å². The summed E-state index contributed by atoms with van der Waals surface area (Å²) in [5, 5.41) is 3.39. The third-order valence-corrected chi connectivity index (χ3v) is 7.98. The van der Waals surface area contributed by atoms with Gasteiger partial charge in [0.1, 0.15) is 6.54 Å². The van der Waals surface area contributed by atoms with Gasteiger partial charge in [-0.05, 0) is 86.7 Å². The number of carbonyl (C=O) groups excluding carboxylic acids is 1. The number of halogens is 1. The van der Waals surface area contributed by atoms with Crippen LogP contribution in [0.4, 0.5) is 5.69 Å². The van der Waals surface area contributed by atoms with Crippen LogP contribution in [0.2, 0.25) is 5.02 Å². The molecule has 0 heterocycles. The Hall–Kier alpha value is -2.83. The number of hydrogen-bond donors (Lipinski definition) is 1. The minimum absolute atomic E-state index is 0.104. The van der Waals surface area contributed by atoms with Crippen molar-refractivity contribution in [3.63, 3.8) is 0 Å². The molecular weight excluding hydrogens is 456 g/mol. The summed E-state index contributed by atoms with van der Waals surface area (Å²) in [4.78, 5) is 13.2. The van der Waals surface area contributed by atoms with E-state index in [1.807, 2.05) is 34.6 Å². The van der Waals surface area contributed by atoms with Crippen LogP contribution in [0.5, 0.6) is 0 Å². The zero-order chi connectivity index (χ0) is 24.3. The number of sulfonamides is 1. The standard InChI is InChI=1S/C26H29ClN2O3S/c1-17-11-12-22(15-25(17)27)29(33(31,32)23-9-7-6-8-10-23)16-26(30)28-21(5)24-14-19(3)18(2)13-20(24)4/h6-15,21H,16H2,1-5H3,(H,28,30)/t21-/m0/s1. The van der Waals surface area contributed by atoms with E-state index in [4.69, 9.17) is 11.6 Å². The van der Waals surface area contributed by atoms with Gasteiger partial charge in [0.05, 0.1) is 16.6 Å². The number of nitrogens with one attached hydrogen (secondary N) is 1. The van der Waals surface area contributed by atoms with Crippen LogP contribution in [-0.2, 0) is 14.8 Å². The van der Waals surface area contributed by atoms with E-state index in [-0.39, 0.29) is 17.5 Å². The van der Waals surface area contributed by atoms with Crippen molar-refractivity contribution in [2.75, 3.05) is 10.8 Å². The quantitative estimate of drug-likeness (QED) is 0.471. The molecule has 174 valence electrons. The van der Waals surface area contributed by atoms with Crippen LogP contribution in [-0.4, -0.2) is 20.9 Å². The Morgan fingerprint density at radius 3 is 2.18 bits per heavy atom. The molecule has 0 aliphatic heterocycles. The largest absolute Gasteiger partial charge is 0.348 e. The second-order valence-electron chi connectivity index (χ2n) is 8.34. The summed E-state index contributed by atoms with van der Waals surface area (Å²) in [6, 6.07) is 16.9. The molecule has 0 aliphatic rings. The Labute approximate surface area is 201 Å². The molecule has 0 aromatic heterocycles. The summed E-state index contributed by atoms with van der Waals surface area (Å²) in [5.41, 5.74) is 5.55. The van der Waals surface area contributed by atoms with Crippen LogP contribution in [0.15, 0.2) is 65.6 Å². The van der Waals surface area contributed by atoms with Crippen molar-refractivity contribution in [3.8, 4) is 0 Å². The number of anilines is 1. The SMILES string of the molecule is Cc1cc(C)c([C@H](C)NC(=O)CN(c2ccc(C)c(Cl)c2)S(=O)(=O)c2ccccc2)cc1C. The van der Waals surface area contributed by atoms with E-state index in [2.05, 4.69) is 17.4 Å². The lowest BCUT2D eigenvalue weighted by Gasteiger charge is -2.26.